The maximum atomic E-state index is 12.2. The fourth-order valence-electron chi connectivity index (χ4n) is 2.36. The lowest BCUT2D eigenvalue weighted by Crippen LogP contribution is -2.13. The predicted molar refractivity (Wildman–Crippen MR) is 75.2 cm³/mol. The van der Waals surface area contributed by atoms with Crippen molar-refractivity contribution in [3.05, 3.63) is 38.5 Å². The molecular formula is C13H13BrN2OS. The highest BCUT2D eigenvalue weighted by Crippen LogP contribution is 2.24. The summed E-state index contributed by atoms with van der Waals surface area (Å²) >= 11 is 4.87. The van der Waals surface area contributed by atoms with E-state index in [-0.39, 0.29) is 5.78 Å². The van der Waals surface area contributed by atoms with E-state index in [0.29, 0.717) is 6.54 Å². The first-order valence-electron chi connectivity index (χ1n) is 6.05. The summed E-state index contributed by atoms with van der Waals surface area (Å²) in [4.78, 5) is 17.4. The van der Waals surface area contributed by atoms with E-state index < -0.39 is 0 Å². The molecule has 0 aliphatic heterocycles. The van der Waals surface area contributed by atoms with Crippen LogP contribution in [-0.4, -0.2) is 15.3 Å². The lowest BCUT2D eigenvalue weighted by molar-refractivity contribution is 0.0975. The lowest BCUT2D eigenvalue weighted by Gasteiger charge is -2.13. The highest BCUT2D eigenvalue weighted by atomic mass is 79.9. The molecule has 0 radical (unpaired) electrons. The molecule has 2 aromatic rings. The lowest BCUT2D eigenvalue weighted by atomic mass is 10.0. The zero-order valence-electron chi connectivity index (χ0n) is 9.86. The molecule has 2 aromatic heterocycles. The highest BCUT2D eigenvalue weighted by Gasteiger charge is 2.17. The summed E-state index contributed by atoms with van der Waals surface area (Å²) in [7, 11) is 0. The molecule has 0 unspecified atom stereocenters. The van der Waals surface area contributed by atoms with Crippen LogP contribution in [0.5, 0.6) is 0 Å². The van der Waals surface area contributed by atoms with Crippen LogP contribution in [0.25, 0.3) is 0 Å². The van der Waals surface area contributed by atoms with Crippen LogP contribution in [0.15, 0.2) is 22.2 Å². The number of aromatic nitrogens is 2. The van der Waals surface area contributed by atoms with Gasteiger partial charge in [-0.15, -0.1) is 11.3 Å². The Kier molecular flexibility index (Phi) is 3.35. The van der Waals surface area contributed by atoms with Gasteiger partial charge in [-0.25, -0.2) is 4.98 Å². The number of ketones is 1. The Labute approximate surface area is 118 Å². The summed E-state index contributed by atoms with van der Waals surface area (Å²) in [6.07, 6.45) is 6.35. The van der Waals surface area contributed by atoms with E-state index in [0.717, 1.165) is 21.5 Å². The van der Waals surface area contributed by atoms with Crippen LogP contribution < -0.4 is 0 Å². The molecule has 0 amide bonds. The van der Waals surface area contributed by atoms with Gasteiger partial charge >= 0.3 is 0 Å². The van der Waals surface area contributed by atoms with Crippen LogP contribution in [0, 0.1) is 0 Å². The van der Waals surface area contributed by atoms with Crippen molar-refractivity contribution in [2.24, 2.45) is 0 Å². The Morgan fingerprint density at radius 1 is 1.39 bits per heavy atom. The van der Waals surface area contributed by atoms with Crippen molar-refractivity contribution >= 4 is 33.0 Å². The summed E-state index contributed by atoms with van der Waals surface area (Å²) in [5, 5.41) is 0. The van der Waals surface area contributed by atoms with Crippen LogP contribution in [0.2, 0.25) is 0 Å². The summed E-state index contributed by atoms with van der Waals surface area (Å²) in [6, 6.07) is 3.79. The number of Topliss-reactive ketones (excluding diaryl/α,β-unsaturated/α-hetero) is 1. The highest BCUT2D eigenvalue weighted by molar-refractivity contribution is 9.11. The first-order valence-corrected chi connectivity index (χ1v) is 7.66. The normalized spacial score (nSPS) is 14.5. The van der Waals surface area contributed by atoms with E-state index in [9.17, 15) is 4.79 Å². The van der Waals surface area contributed by atoms with Crippen molar-refractivity contribution in [2.75, 3.05) is 0 Å². The topological polar surface area (TPSA) is 34.9 Å². The second-order valence-electron chi connectivity index (χ2n) is 4.50. The second-order valence-corrected chi connectivity index (χ2v) is 6.96. The third kappa shape index (κ3) is 2.29. The van der Waals surface area contributed by atoms with E-state index in [1.807, 2.05) is 23.0 Å². The average Bonchev–Trinajstić information content (AvgIpc) is 2.97. The molecule has 5 heteroatoms. The number of carbonyl (C=O) groups is 1. The van der Waals surface area contributed by atoms with Crippen molar-refractivity contribution in [1.29, 1.82) is 0 Å². The van der Waals surface area contributed by atoms with Crippen LogP contribution in [0.3, 0.4) is 0 Å². The van der Waals surface area contributed by atoms with Gasteiger partial charge in [-0.1, -0.05) is 0 Å². The summed E-state index contributed by atoms with van der Waals surface area (Å²) in [5.41, 5.74) is 2.44. The number of imidazole rings is 1. The Morgan fingerprint density at radius 2 is 2.22 bits per heavy atom. The Balaban J connectivity index is 1.80. The van der Waals surface area contributed by atoms with Crippen molar-refractivity contribution in [2.45, 2.75) is 32.2 Å². The maximum Gasteiger partial charge on any atom is 0.192 e. The van der Waals surface area contributed by atoms with Crippen molar-refractivity contribution in [1.82, 2.24) is 9.55 Å². The van der Waals surface area contributed by atoms with Crippen molar-refractivity contribution < 1.29 is 4.79 Å². The molecule has 1 aliphatic rings. The average molecular weight is 325 g/mol. The third-order valence-electron chi connectivity index (χ3n) is 3.27. The largest absolute Gasteiger partial charge is 0.326 e. The molecule has 0 saturated heterocycles. The van der Waals surface area contributed by atoms with Crippen molar-refractivity contribution in [3.8, 4) is 0 Å². The maximum absolute atomic E-state index is 12.2. The van der Waals surface area contributed by atoms with Gasteiger partial charge in [0.1, 0.15) is 0 Å². The summed E-state index contributed by atoms with van der Waals surface area (Å²) in [5.74, 6) is 0.163. The number of hydrogen-bond donors (Lipinski definition) is 0. The summed E-state index contributed by atoms with van der Waals surface area (Å²) < 4.78 is 3.02. The Hall–Kier alpha value is -0.940. The molecule has 94 valence electrons. The summed E-state index contributed by atoms with van der Waals surface area (Å²) in [6.45, 7) is 0.412. The molecule has 0 spiro atoms. The molecular weight excluding hydrogens is 312 g/mol. The molecule has 3 nitrogen and oxygen atoms in total. The minimum atomic E-state index is 0.163. The standard InChI is InChI=1S/C13H13BrN2OS/c14-13-6-5-12(18-13)11(17)7-16-8-15-9-3-1-2-4-10(9)16/h5-6,8H,1-4,7H2. The second kappa shape index (κ2) is 4.97. The van der Waals surface area contributed by atoms with Gasteiger partial charge in [-0.3, -0.25) is 4.79 Å². The molecule has 3 rings (SSSR count). The number of aryl methyl sites for hydroxylation is 1. The van der Waals surface area contributed by atoms with Gasteiger partial charge in [0.25, 0.3) is 0 Å². The van der Waals surface area contributed by atoms with E-state index in [2.05, 4.69) is 20.9 Å². The molecule has 2 heterocycles. The first-order chi connectivity index (χ1) is 8.74. The number of carbonyl (C=O) groups excluding carboxylic acids is 1. The minimum Gasteiger partial charge on any atom is -0.326 e. The molecule has 0 atom stereocenters. The predicted octanol–water partition coefficient (Wildman–Crippen LogP) is 3.47. The number of halogens is 1. The van der Waals surface area contributed by atoms with Gasteiger partial charge in [0.15, 0.2) is 5.78 Å². The molecule has 0 N–H and O–H groups in total. The fraction of sp³-hybridized carbons (Fsp3) is 0.385. The van der Waals surface area contributed by atoms with E-state index in [1.54, 1.807) is 0 Å². The van der Waals surface area contributed by atoms with Crippen LogP contribution in [-0.2, 0) is 19.4 Å². The Bertz CT molecular complexity index is 588. The van der Waals surface area contributed by atoms with Gasteiger partial charge in [-0.2, -0.15) is 0 Å². The quantitative estimate of drug-likeness (QED) is 0.810. The first kappa shape index (κ1) is 12.1. The molecule has 0 saturated carbocycles. The zero-order valence-corrected chi connectivity index (χ0v) is 12.3. The van der Waals surface area contributed by atoms with E-state index in [4.69, 9.17) is 0 Å². The molecule has 18 heavy (non-hydrogen) atoms. The number of hydrogen-bond acceptors (Lipinski definition) is 3. The molecule has 0 fully saturated rings. The van der Waals surface area contributed by atoms with E-state index in [1.165, 1.54) is 35.6 Å². The molecule has 0 bridgehead atoms. The monoisotopic (exact) mass is 324 g/mol. The Morgan fingerprint density at radius 3 is 3.00 bits per heavy atom. The van der Waals surface area contributed by atoms with E-state index >= 15 is 0 Å². The number of nitrogens with zero attached hydrogens (tertiary/aromatic N) is 2. The zero-order chi connectivity index (χ0) is 12.5. The van der Waals surface area contributed by atoms with Gasteiger partial charge < -0.3 is 4.57 Å². The van der Waals surface area contributed by atoms with Gasteiger partial charge in [0, 0.05) is 5.69 Å². The van der Waals surface area contributed by atoms with Crippen LogP contribution in [0.4, 0.5) is 0 Å². The number of fused-ring (bicyclic) bond motifs is 1. The minimum absolute atomic E-state index is 0.163. The SMILES string of the molecule is O=C(Cn1cnc2c1CCCC2)c1ccc(Br)s1. The molecule has 0 aromatic carbocycles. The van der Waals surface area contributed by atoms with Crippen molar-refractivity contribution in [3.63, 3.8) is 0 Å². The van der Waals surface area contributed by atoms with Gasteiger partial charge in [0.2, 0.25) is 0 Å². The smallest absolute Gasteiger partial charge is 0.192 e. The van der Waals surface area contributed by atoms with Gasteiger partial charge in [0.05, 0.1) is 27.2 Å². The van der Waals surface area contributed by atoms with Crippen LogP contribution >= 0.6 is 27.3 Å². The fourth-order valence-corrected chi connectivity index (χ4v) is 3.68. The van der Waals surface area contributed by atoms with Crippen LogP contribution in [0.1, 0.15) is 33.9 Å². The molecule has 1 aliphatic carbocycles. The number of rotatable bonds is 3. The number of thiophene rings is 1. The third-order valence-corrected chi connectivity index (χ3v) is 4.94. The van der Waals surface area contributed by atoms with Gasteiger partial charge in [-0.05, 0) is 53.7 Å².